The van der Waals surface area contributed by atoms with E-state index in [1.54, 1.807) is 20.1 Å². The van der Waals surface area contributed by atoms with Crippen molar-refractivity contribution in [2.75, 3.05) is 7.11 Å². The number of ether oxygens (including phenoxy) is 1. The van der Waals surface area contributed by atoms with Crippen LogP contribution >= 0.6 is 0 Å². The maximum absolute atomic E-state index is 8.96. The molecular weight excluding hydrogens is 192 g/mol. The largest absolute Gasteiger partial charge is 0.496 e. The van der Waals surface area contributed by atoms with Crippen molar-refractivity contribution in [3.05, 3.63) is 29.3 Å². The Balaban J connectivity index is 2.92. The van der Waals surface area contributed by atoms with Gasteiger partial charge in [-0.25, -0.2) is 0 Å². The molecule has 0 aliphatic rings. The van der Waals surface area contributed by atoms with E-state index < -0.39 is 0 Å². The lowest BCUT2D eigenvalue weighted by Crippen LogP contribution is -2.05. The lowest BCUT2D eigenvalue weighted by atomic mass is 10.1. The predicted molar refractivity (Wildman–Crippen MR) is 59.9 cm³/mol. The van der Waals surface area contributed by atoms with Crippen molar-refractivity contribution in [2.45, 2.75) is 20.1 Å². The molecule has 0 amide bonds. The van der Waals surface area contributed by atoms with Gasteiger partial charge in [0.1, 0.15) is 5.75 Å². The van der Waals surface area contributed by atoms with E-state index in [1.165, 1.54) is 0 Å². The van der Waals surface area contributed by atoms with Crippen LogP contribution in [0.25, 0.3) is 0 Å². The summed E-state index contributed by atoms with van der Waals surface area (Å²) >= 11 is 0. The van der Waals surface area contributed by atoms with E-state index in [4.69, 9.17) is 15.6 Å². The fourth-order valence-corrected chi connectivity index (χ4v) is 1.23. The highest BCUT2D eigenvalue weighted by atomic mass is 16.5. The summed E-state index contributed by atoms with van der Waals surface area (Å²) in [5.41, 5.74) is 7.24. The van der Waals surface area contributed by atoms with Gasteiger partial charge in [-0.05, 0) is 18.6 Å². The monoisotopic (exact) mass is 208 g/mol. The second-order valence-corrected chi connectivity index (χ2v) is 3.26. The summed E-state index contributed by atoms with van der Waals surface area (Å²) < 4.78 is 5.20. The van der Waals surface area contributed by atoms with Crippen molar-refractivity contribution in [2.24, 2.45) is 10.7 Å². The summed E-state index contributed by atoms with van der Waals surface area (Å²) in [4.78, 5) is 4.11. The van der Waals surface area contributed by atoms with Crippen LogP contribution in [0, 0.1) is 0 Å². The van der Waals surface area contributed by atoms with Crippen molar-refractivity contribution in [3.8, 4) is 5.75 Å². The molecule has 3 N–H and O–H groups in total. The average molecular weight is 208 g/mol. The molecule has 0 radical (unpaired) electrons. The third-order valence-corrected chi connectivity index (χ3v) is 2.03. The Hall–Kier alpha value is -1.55. The Morgan fingerprint density at radius 3 is 2.80 bits per heavy atom. The number of nitrogens with zero attached hydrogens (tertiary/aromatic N) is 1. The summed E-state index contributed by atoms with van der Waals surface area (Å²) in [6.07, 6.45) is 0. The molecule has 0 aromatic heterocycles. The quantitative estimate of drug-likeness (QED) is 0.574. The zero-order valence-electron chi connectivity index (χ0n) is 9.03. The fraction of sp³-hybridized carbons (Fsp3) is 0.364. The summed E-state index contributed by atoms with van der Waals surface area (Å²) in [5.74, 6) is 1.27. The molecule has 0 aliphatic heterocycles. The highest BCUT2D eigenvalue weighted by Gasteiger charge is 2.03. The highest BCUT2D eigenvalue weighted by Crippen LogP contribution is 2.21. The number of aliphatic hydroxyl groups excluding tert-OH is 1. The summed E-state index contributed by atoms with van der Waals surface area (Å²) in [6.45, 7) is 2.25. The molecule has 0 atom stereocenters. The zero-order chi connectivity index (χ0) is 11.3. The molecule has 0 unspecified atom stereocenters. The van der Waals surface area contributed by atoms with Gasteiger partial charge < -0.3 is 15.6 Å². The molecule has 1 rings (SSSR count). The molecule has 4 heteroatoms. The third-order valence-electron chi connectivity index (χ3n) is 2.03. The lowest BCUT2D eigenvalue weighted by Gasteiger charge is -2.08. The Morgan fingerprint density at radius 2 is 2.27 bits per heavy atom. The van der Waals surface area contributed by atoms with E-state index in [0.29, 0.717) is 12.4 Å². The van der Waals surface area contributed by atoms with Gasteiger partial charge in [0.2, 0.25) is 0 Å². The topological polar surface area (TPSA) is 67.8 Å². The normalized spacial score (nSPS) is 11.5. The van der Waals surface area contributed by atoms with Gasteiger partial charge in [0.05, 0.1) is 26.1 Å². The number of methoxy groups -OCH3 is 1. The number of amidine groups is 1. The van der Waals surface area contributed by atoms with Gasteiger partial charge >= 0.3 is 0 Å². The second kappa shape index (κ2) is 5.36. The van der Waals surface area contributed by atoms with Gasteiger partial charge in [0, 0.05) is 5.56 Å². The van der Waals surface area contributed by atoms with Crippen molar-refractivity contribution < 1.29 is 9.84 Å². The Morgan fingerprint density at radius 1 is 1.53 bits per heavy atom. The Labute approximate surface area is 89.4 Å². The van der Waals surface area contributed by atoms with Crippen molar-refractivity contribution in [3.63, 3.8) is 0 Å². The molecule has 15 heavy (non-hydrogen) atoms. The van der Waals surface area contributed by atoms with Gasteiger partial charge in [0.25, 0.3) is 0 Å². The number of aliphatic imine (C=N–C) groups is 1. The van der Waals surface area contributed by atoms with Crippen LogP contribution in [0.5, 0.6) is 5.75 Å². The SMILES string of the molecule is COc1cc(CO)ccc1CN=C(C)N. The van der Waals surface area contributed by atoms with Gasteiger partial charge in [0.15, 0.2) is 0 Å². The van der Waals surface area contributed by atoms with Gasteiger partial charge in [-0.3, -0.25) is 4.99 Å². The first kappa shape index (κ1) is 11.5. The number of aliphatic hydroxyl groups is 1. The van der Waals surface area contributed by atoms with Crippen molar-refractivity contribution in [1.29, 1.82) is 0 Å². The minimum absolute atomic E-state index is 0.00975. The molecule has 0 saturated heterocycles. The number of nitrogens with two attached hydrogens (primary N) is 1. The Bertz CT molecular complexity index is 358. The van der Waals surface area contributed by atoms with Crippen molar-refractivity contribution >= 4 is 5.84 Å². The molecule has 1 aromatic rings. The molecule has 0 heterocycles. The molecule has 0 bridgehead atoms. The predicted octanol–water partition coefficient (Wildman–Crippen LogP) is 1.06. The highest BCUT2D eigenvalue weighted by molar-refractivity contribution is 5.77. The first-order valence-electron chi connectivity index (χ1n) is 4.70. The number of hydrogen-bond donors (Lipinski definition) is 2. The van der Waals surface area contributed by atoms with Crippen LogP contribution in [0.15, 0.2) is 23.2 Å². The molecule has 0 saturated carbocycles. The molecule has 1 aromatic carbocycles. The second-order valence-electron chi connectivity index (χ2n) is 3.26. The minimum Gasteiger partial charge on any atom is -0.496 e. The molecule has 0 fully saturated rings. The van der Waals surface area contributed by atoms with E-state index in [0.717, 1.165) is 16.9 Å². The number of hydrogen-bond acceptors (Lipinski definition) is 3. The average Bonchev–Trinajstić information content (AvgIpc) is 2.25. The fourth-order valence-electron chi connectivity index (χ4n) is 1.23. The number of rotatable bonds is 4. The maximum atomic E-state index is 8.96. The lowest BCUT2D eigenvalue weighted by molar-refractivity contribution is 0.281. The first-order valence-corrected chi connectivity index (χ1v) is 4.70. The molecule has 0 aliphatic carbocycles. The maximum Gasteiger partial charge on any atom is 0.124 e. The molecular formula is C11H16N2O2. The van der Waals surface area contributed by atoms with Gasteiger partial charge in [-0.2, -0.15) is 0 Å². The van der Waals surface area contributed by atoms with E-state index in [-0.39, 0.29) is 6.61 Å². The van der Waals surface area contributed by atoms with Crippen LogP contribution < -0.4 is 10.5 Å². The third kappa shape index (κ3) is 3.25. The smallest absolute Gasteiger partial charge is 0.124 e. The van der Waals surface area contributed by atoms with Crippen LogP contribution in [0.2, 0.25) is 0 Å². The van der Waals surface area contributed by atoms with Crippen molar-refractivity contribution in [1.82, 2.24) is 0 Å². The first-order chi connectivity index (χ1) is 7.17. The van der Waals surface area contributed by atoms with Crippen LogP contribution in [0.3, 0.4) is 0 Å². The van der Waals surface area contributed by atoms with E-state index in [2.05, 4.69) is 4.99 Å². The van der Waals surface area contributed by atoms with Gasteiger partial charge in [-0.1, -0.05) is 12.1 Å². The van der Waals surface area contributed by atoms with Crippen LogP contribution in [0.4, 0.5) is 0 Å². The van der Waals surface area contributed by atoms with E-state index in [9.17, 15) is 0 Å². The van der Waals surface area contributed by atoms with Crippen LogP contribution in [0.1, 0.15) is 18.1 Å². The standard InChI is InChI=1S/C11H16N2O2/c1-8(12)13-6-10-4-3-9(7-14)5-11(10)15-2/h3-5,14H,6-7H2,1-2H3,(H2,12,13). The van der Waals surface area contributed by atoms with Crippen LogP contribution in [-0.2, 0) is 13.2 Å². The van der Waals surface area contributed by atoms with E-state index >= 15 is 0 Å². The molecule has 82 valence electrons. The minimum atomic E-state index is 0.00975. The number of benzene rings is 1. The summed E-state index contributed by atoms with van der Waals surface area (Å²) in [7, 11) is 1.60. The summed E-state index contributed by atoms with van der Waals surface area (Å²) in [6, 6.07) is 5.53. The Kier molecular flexibility index (Phi) is 4.12. The molecule has 4 nitrogen and oxygen atoms in total. The van der Waals surface area contributed by atoms with Gasteiger partial charge in [-0.15, -0.1) is 0 Å². The van der Waals surface area contributed by atoms with Crippen LogP contribution in [-0.4, -0.2) is 18.1 Å². The zero-order valence-corrected chi connectivity index (χ0v) is 9.03. The molecule has 0 spiro atoms. The van der Waals surface area contributed by atoms with E-state index in [1.807, 2.05) is 12.1 Å². The summed E-state index contributed by atoms with van der Waals surface area (Å²) in [5, 5.41) is 8.96.